The number of aliphatic hydroxyl groups is 2. The van der Waals surface area contributed by atoms with E-state index in [0.29, 0.717) is 13.1 Å². The lowest BCUT2D eigenvalue weighted by molar-refractivity contribution is -0.131. The Morgan fingerprint density at radius 1 is 1.14 bits per heavy atom. The molecule has 0 radical (unpaired) electrons. The van der Waals surface area contributed by atoms with Crippen LogP contribution in [0.3, 0.4) is 0 Å². The second-order valence-corrected chi connectivity index (χ2v) is 6.49. The minimum atomic E-state index is -0.896. The first-order valence-corrected chi connectivity index (χ1v) is 7.71. The number of piperazine rings is 1. The van der Waals surface area contributed by atoms with Gasteiger partial charge in [-0.3, -0.25) is 19.5 Å². The van der Waals surface area contributed by atoms with Crippen LogP contribution in [0.5, 0.6) is 0 Å². The Balaban J connectivity index is 1.78. The number of nitrogens with one attached hydrogen (secondary N) is 1. The maximum absolute atomic E-state index is 12.1. The van der Waals surface area contributed by atoms with Crippen molar-refractivity contribution in [3.63, 3.8) is 0 Å². The molecule has 2 rings (SSSR count). The van der Waals surface area contributed by atoms with Gasteiger partial charge in [0.2, 0.25) is 0 Å². The van der Waals surface area contributed by atoms with Crippen molar-refractivity contribution in [2.45, 2.75) is 25.5 Å². The average Bonchev–Trinajstić information content (AvgIpc) is 2.63. The normalized spacial score (nSPS) is 24.6. The van der Waals surface area contributed by atoms with Crippen LogP contribution in [0, 0.1) is 0 Å². The van der Waals surface area contributed by atoms with Crippen molar-refractivity contribution in [3.8, 4) is 0 Å². The molecule has 3 amide bonds. The summed E-state index contributed by atoms with van der Waals surface area (Å²) in [6.07, 6.45) is -0.756. The molecule has 22 heavy (non-hydrogen) atoms. The van der Waals surface area contributed by atoms with E-state index in [-0.39, 0.29) is 19.1 Å². The number of urea groups is 1. The predicted octanol–water partition coefficient (Wildman–Crippen LogP) is -1.71. The van der Waals surface area contributed by atoms with E-state index < -0.39 is 17.7 Å². The van der Waals surface area contributed by atoms with Crippen LogP contribution in [0.25, 0.3) is 0 Å². The van der Waals surface area contributed by atoms with Crippen molar-refractivity contribution in [3.05, 3.63) is 0 Å². The molecule has 0 aromatic carbocycles. The highest BCUT2D eigenvalue weighted by molar-refractivity contribution is 6.06. The molecule has 2 aliphatic rings. The van der Waals surface area contributed by atoms with Gasteiger partial charge >= 0.3 is 6.03 Å². The van der Waals surface area contributed by atoms with Gasteiger partial charge in [-0.15, -0.1) is 0 Å². The highest BCUT2D eigenvalue weighted by Crippen LogP contribution is 2.17. The van der Waals surface area contributed by atoms with Gasteiger partial charge in [0.15, 0.2) is 0 Å². The Morgan fingerprint density at radius 3 is 2.23 bits per heavy atom. The number of amides is 3. The first-order chi connectivity index (χ1) is 10.3. The van der Waals surface area contributed by atoms with E-state index in [1.807, 2.05) is 0 Å². The van der Waals surface area contributed by atoms with Crippen LogP contribution in [-0.2, 0) is 4.79 Å². The first-order valence-electron chi connectivity index (χ1n) is 7.71. The molecule has 0 aromatic heterocycles. The Labute approximate surface area is 130 Å². The van der Waals surface area contributed by atoms with Crippen molar-refractivity contribution >= 4 is 11.9 Å². The van der Waals surface area contributed by atoms with Gasteiger partial charge in [-0.2, -0.15) is 0 Å². The van der Waals surface area contributed by atoms with Gasteiger partial charge in [0.25, 0.3) is 5.91 Å². The molecule has 0 spiro atoms. The van der Waals surface area contributed by atoms with Crippen LogP contribution >= 0.6 is 0 Å². The van der Waals surface area contributed by atoms with Gasteiger partial charge in [-0.05, 0) is 13.8 Å². The second-order valence-electron chi connectivity index (χ2n) is 6.49. The van der Waals surface area contributed by atoms with E-state index in [0.717, 1.165) is 31.1 Å². The fourth-order valence-corrected chi connectivity index (χ4v) is 2.89. The summed E-state index contributed by atoms with van der Waals surface area (Å²) < 4.78 is 0. The van der Waals surface area contributed by atoms with Crippen LogP contribution in [-0.4, -0.2) is 101 Å². The Hall–Kier alpha value is -1.22. The number of hydrogen-bond acceptors (Lipinski definition) is 6. The van der Waals surface area contributed by atoms with Gasteiger partial charge in [0.1, 0.15) is 5.54 Å². The lowest BCUT2D eigenvalue weighted by atomic mass is 10.1. The molecule has 0 bridgehead atoms. The van der Waals surface area contributed by atoms with Crippen molar-refractivity contribution in [2.24, 2.45) is 0 Å². The van der Waals surface area contributed by atoms with E-state index in [1.165, 1.54) is 0 Å². The molecule has 126 valence electrons. The van der Waals surface area contributed by atoms with Crippen LogP contribution in [0.1, 0.15) is 13.8 Å². The highest BCUT2D eigenvalue weighted by atomic mass is 16.3. The second kappa shape index (κ2) is 6.91. The van der Waals surface area contributed by atoms with Crippen molar-refractivity contribution < 1.29 is 19.8 Å². The molecular formula is C14H26N4O4. The zero-order valence-electron chi connectivity index (χ0n) is 13.3. The first kappa shape index (κ1) is 17.1. The third-order valence-corrected chi connectivity index (χ3v) is 4.19. The van der Waals surface area contributed by atoms with Gasteiger partial charge in [-0.1, -0.05) is 0 Å². The molecule has 0 aromatic rings. The molecule has 8 heteroatoms. The summed E-state index contributed by atoms with van der Waals surface area (Å²) in [6.45, 7) is 7.91. The molecule has 3 N–H and O–H groups in total. The quantitative estimate of drug-likeness (QED) is 0.505. The fraction of sp³-hybridized carbons (Fsp3) is 0.857. The van der Waals surface area contributed by atoms with E-state index in [2.05, 4.69) is 15.1 Å². The summed E-state index contributed by atoms with van der Waals surface area (Å²) in [6, 6.07) is -0.443. The highest BCUT2D eigenvalue weighted by Gasteiger charge is 2.44. The third kappa shape index (κ3) is 3.95. The van der Waals surface area contributed by atoms with Crippen LogP contribution in [0.4, 0.5) is 4.79 Å². The number of carbonyl (C=O) groups is 2. The molecule has 2 fully saturated rings. The van der Waals surface area contributed by atoms with Crippen LogP contribution < -0.4 is 5.32 Å². The molecule has 0 aliphatic carbocycles. The number of imide groups is 1. The van der Waals surface area contributed by atoms with Crippen LogP contribution in [0.15, 0.2) is 0 Å². The monoisotopic (exact) mass is 314 g/mol. The number of rotatable bonds is 6. The minimum Gasteiger partial charge on any atom is -0.395 e. The third-order valence-electron chi connectivity index (χ3n) is 4.19. The Kier molecular flexibility index (Phi) is 5.38. The zero-order valence-corrected chi connectivity index (χ0v) is 13.3. The molecule has 2 aliphatic heterocycles. The summed E-state index contributed by atoms with van der Waals surface area (Å²) >= 11 is 0. The Bertz CT molecular complexity index is 421. The van der Waals surface area contributed by atoms with E-state index in [4.69, 9.17) is 5.11 Å². The lowest BCUT2D eigenvalue weighted by Gasteiger charge is -2.35. The summed E-state index contributed by atoms with van der Waals surface area (Å²) in [5, 5.41) is 21.7. The van der Waals surface area contributed by atoms with Crippen molar-refractivity contribution in [2.75, 3.05) is 52.4 Å². The number of aliphatic hydroxyl groups excluding tert-OH is 2. The number of hydrogen-bond donors (Lipinski definition) is 3. The van der Waals surface area contributed by atoms with Crippen molar-refractivity contribution in [1.29, 1.82) is 0 Å². The summed E-state index contributed by atoms with van der Waals surface area (Å²) in [7, 11) is 0. The van der Waals surface area contributed by atoms with E-state index >= 15 is 0 Å². The van der Waals surface area contributed by atoms with E-state index in [9.17, 15) is 14.7 Å². The van der Waals surface area contributed by atoms with Gasteiger partial charge in [0.05, 0.1) is 19.3 Å². The largest absolute Gasteiger partial charge is 0.395 e. The predicted molar refractivity (Wildman–Crippen MR) is 80.3 cm³/mol. The topological polar surface area (TPSA) is 96.4 Å². The van der Waals surface area contributed by atoms with Gasteiger partial charge in [0, 0.05) is 39.3 Å². The molecule has 2 heterocycles. The maximum atomic E-state index is 12.1. The molecule has 8 nitrogen and oxygen atoms in total. The smallest absolute Gasteiger partial charge is 0.325 e. The Morgan fingerprint density at radius 2 is 1.73 bits per heavy atom. The number of β-amino-alcohol motifs (C(OH)–C–C–N with tert-alkyl or cyclic N) is 2. The lowest BCUT2D eigenvalue weighted by Crippen LogP contribution is -2.51. The minimum absolute atomic E-state index is 0.0188. The number of nitrogens with zero attached hydrogens (tertiary/aromatic N) is 3. The molecular weight excluding hydrogens is 288 g/mol. The molecule has 0 unspecified atom stereocenters. The summed E-state index contributed by atoms with van der Waals surface area (Å²) in [4.78, 5) is 29.2. The van der Waals surface area contributed by atoms with Crippen molar-refractivity contribution in [1.82, 2.24) is 20.0 Å². The summed E-state index contributed by atoms with van der Waals surface area (Å²) in [5.74, 6) is -0.302. The fourth-order valence-electron chi connectivity index (χ4n) is 2.89. The molecule has 0 saturated carbocycles. The maximum Gasteiger partial charge on any atom is 0.325 e. The van der Waals surface area contributed by atoms with E-state index in [1.54, 1.807) is 13.8 Å². The SMILES string of the molecule is CC1(C)NC(=O)N(C[C@H](O)CN2CCN(CCO)CC2)C1=O. The zero-order chi connectivity index (χ0) is 16.3. The number of carbonyl (C=O) groups excluding carboxylic acids is 2. The average molecular weight is 314 g/mol. The summed E-state index contributed by atoms with van der Waals surface area (Å²) in [5.41, 5.74) is -0.896. The molecule has 1 atom stereocenters. The van der Waals surface area contributed by atoms with Crippen LogP contribution in [0.2, 0.25) is 0 Å². The van der Waals surface area contributed by atoms with Gasteiger partial charge in [-0.25, -0.2) is 4.79 Å². The molecule has 2 saturated heterocycles. The van der Waals surface area contributed by atoms with Gasteiger partial charge < -0.3 is 15.5 Å². The standard InChI is InChI=1S/C14H26N4O4/c1-14(2)12(21)18(13(22)15-14)10-11(20)9-17-5-3-16(4-6-17)7-8-19/h11,19-20H,3-10H2,1-2H3,(H,15,22)/t11-/m1/s1.